The van der Waals surface area contributed by atoms with Crippen molar-refractivity contribution in [2.75, 3.05) is 17.6 Å². The van der Waals surface area contributed by atoms with Crippen molar-refractivity contribution < 1.29 is 4.79 Å². The van der Waals surface area contributed by atoms with Gasteiger partial charge in [-0.1, -0.05) is 54.1 Å². The smallest absolute Gasteiger partial charge is 0.319 e. The Morgan fingerprint density at radius 2 is 1.86 bits per heavy atom. The van der Waals surface area contributed by atoms with Crippen LogP contribution in [0.25, 0.3) is 11.3 Å². The van der Waals surface area contributed by atoms with Crippen molar-refractivity contribution >= 4 is 29.1 Å². The zero-order valence-electron chi connectivity index (χ0n) is 15.4. The first kappa shape index (κ1) is 18.4. The standard InChI is InChI=1S/C21H22ClN5O/c22-17-10-8-16(9-11-17)18-19(25-21(28)24-12-14-6-7-14)20(23)27(26-18)13-15-4-2-1-3-5-15/h1-5,8-11,14H,6-7,12-13,23H2,(H2,24,25,28). The Labute approximate surface area is 168 Å². The lowest BCUT2D eigenvalue weighted by molar-refractivity contribution is 0.251. The first-order valence-electron chi connectivity index (χ1n) is 9.31. The van der Waals surface area contributed by atoms with Gasteiger partial charge >= 0.3 is 6.03 Å². The van der Waals surface area contributed by atoms with Crippen molar-refractivity contribution in [3.63, 3.8) is 0 Å². The minimum absolute atomic E-state index is 0.270. The normalized spacial score (nSPS) is 13.3. The molecule has 1 saturated carbocycles. The van der Waals surface area contributed by atoms with E-state index in [1.807, 2.05) is 42.5 Å². The van der Waals surface area contributed by atoms with Gasteiger partial charge in [0.1, 0.15) is 17.2 Å². The Bertz CT molecular complexity index is 964. The summed E-state index contributed by atoms with van der Waals surface area (Å²) in [5, 5.41) is 11.1. The number of nitrogens with two attached hydrogens (primary N) is 1. The summed E-state index contributed by atoms with van der Waals surface area (Å²) >= 11 is 6.01. The van der Waals surface area contributed by atoms with Crippen LogP contribution in [0, 0.1) is 5.92 Å². The zero-order valence-corrected chi connectivity index (χ0v) is 16.1. The van der Waals surface area contributed by atoms with E-state index in [1.165, 1.54) is 12.8 Å². The number of nitrogens with zero attached hydrogens (tertiary/aromatic N) is 2. The molecular weight excluding hydrogens is 374 g/mol. The SMILES string of the molecule is Nc1c(NC(=O)NCC2CC2)c(-c2ccc(Cl)cc2)nn1Cc1ccccc1. The molecule has 0 aliphatic heterocycles. The summed E-state index contributed by atoms with van der Waals surface area (Å²) in [5.41, 5.74) is 9.40. The minimum Gasteiger partial charge on any atom is -0.382 e. The lowest BCUT2D eigenvalue weighted by Crippen LogP contribution is -2.30. The van der Waals surface area contributed by atoms with E-state index in [-0.39, 0.29) is 6.03 Å². The van der Waals surface area contributed by atoms with E-state index < -0.39 is 0 Å². The van der Waals surface area contributed by atoms with Gasteiger partial charge in [0.05, 0.1) is 6.54 Å². The maximum absolute atomic E-state index is 12.4. The van der Waals surface area contributed by atoms with E-state index in [9.17, 15) is 4.79 Å². The van der Waals surface area contributed by atoms with E-state index in [4.69, 9.17) is 17.3 Å². The number of amides is 2. The molecule has 1 aromatic heterocycles. The molecule has 1 fully saturated rings. The zero-order chi connectivity index (χ0) is 19.5. The van der Waals surface area contributed by atoms with Crippen LogP contribution in [-0.4, -0.2) is 22.4 Å². The van der Waals surface area contributed by atoms with E-state index in [0.717, 1.165) is 11.1 Å². The highest BCUT2D eigenvalue weighted by molar-refractivity contribution is 6.30. The van der Waals surface area contributed by atoms with E-state index in [0.29, 0.717) is 41.2 Å². The summed E-state index contributed by atoms with van der Waals surface area (Å²) in [4.78, 5) is 12.4. The molecule has 0 saturated heterocycles. The molecule has 0 atom stereocenters. The first-order chi connectivity index (χ1) is 13.6. The fraction of sp³-hybridized carbons (Fsp3) is 0.238. The predicted octanol–water partition coefficient (Wildman–Crippen LogP) is 4.37. The van der Waals surface area contributed by atoms with Crippen molar-refractivity contribution in [3.05, 3.63) is 65.2 Å². The molecule has 6 nitrogen and oxygen atoms in total. The number of carbonyl (C=O) groups is 1. The Morgan fingerprint density at radius 1 is 1.14 bits per heavy atom. The average molecular weight is 396 g/mol. The number of benzene rings is 2. The van der Waals surface area contributed by atoms with Gasteiger partial charge in [0, 0.05) is 17.1 Å². The van der Waals surface area contributed by atoms with Crippen molar-refractivity contribution in [2.24, 2.45) is 5.92 Å². The number of hydrogen-bond donors (Lipinski definition) is 3. The Balaban J connectivity index is 1.64. The molecule has 3 aromatic rings. The molecule has 4 rings (SSSR count). The molecule has 2 amide bonds. The molecule has 0 spiro atoms. The maximum Gasteiger partial charge on any atom is 0.319 e. The van der Waals surface area contributed by atoms with Gasteiger partial charge in [-0.2, -0.15) is 5.10 Å². The third kappa shape index (κ3) is 4.28. The molecular formula is C21H22ClN5O. The highest BCUT2D eigenvalue weighted by Gasteiger charge is 2.23. The monoisotopic (exact) mass is 395 g/mol. The summed E-state index contributed by atoms with van der Waals surface area (Å²) in [7, 11) is 0. The largest absolute Gasteiger partial charge is 0.382 e. The number of anilines is 2. The average Bonchev–Trinajstić information content (AvgIpc) is 3.49. The summed E-state index contributed by atoms with van der Waals surface area (Å²) in [6, 6.07) is 17.0. The number of nitrogen functional groups attached to an aromatic ring is 1. The van der Waals surface area contributed by atoms with E-state index >= 15 is 0 Å². The van der Waals surface area contributed by atoms with Crippen LogP contribution in [-0.2, 0) is 6.54 Å². The van der Waals surface area contributed by atoms with Crippen molar-refractivity contribution in [1.29, 1.82) is 0 Å². The summed E-state index contributed by atoms with van der Waals surface area (Å²) < 4.78 is 1.70. The Kier molecular flexibility index (Phi) is 5.21. The fourth-order valence-electron chi connectivity index (χ4n) is 3.00. The molecule has 7 heteroatoms. The number of aromatic nitrogens is 2. The topological polar surface area (TPSA) is 85.0 Å². The number of rotatable bonds is 6. The molecule has 144 valence electrons. The third-order valence-electron chi connectivity index (χ3n) is 4.77. The second kappa shape index (κ2) is 7.94. The predicted molar refractivity (Wildman–Crippen MR) is 112 cm³/mol. The summed E-state index contributed by atoms with van der Waals surface area (Å²) in [5.74, 6) is 1.01. The molecule has 4 N–H and O–H groups in total. The van der Waals surface area contributed by atoms with Gasteiger partial charge in [0.2, 0.25) is 0 Å². The van der Waals surface area contributed by atoms with Crippen LogP contribution >= 0.6 is 11.6 Å². The molecule has 0 unspecified atom stereocenters. The van der Waals surface area contributed by atoms with Gasteiger partial charge in [-0.3, -0.25) is 0 Å². The number of hydrogen-bond acceptors (Lipinski definition) is 3. The molecule has 1 heterocycles. The summed E-state index contributed by atoms with van der Waals surface area (Å²) in [6.07, 6.45) is 2.35. The van der Waals surface area contributed by atoms with Gasteiger partial charge in [-0.25, -0.2) is 9.48 Å². The number of nitrogens with one attached hydrogen (secondary N) is 2. The van der Waals surface area contributed by atoms with Crippen LogP contribution in [0.15, 0.2) is 54.6 Å². The highest BCUT2D eigenvalue weighted by Crippen LogP contribution is 2.33. The first-order valence-corrected chi connectivity index (χ1v) is 9.69. The maximum atomic E-state index is 12.4. The number of urea groups is 1. The van der Waals surface area contributed by atoms with Crippen LogP contribution in [0.2, 0.25) is 5.02 Å². The lowest BCUT2D eigenvalue weighted by atomic mass is 10.1. The second-order valence-corrected chi connectivity index (χ2v) is 7.47. The molecule has 28 heavy (non-hydrogen) atoms. The highest BCUT2D eigenvalue weighted by atomic mass is 35.5. The fourth-order valence-corrected chi connectivity index (χ4v) is 3.13. The van der Waals surface area contributed by atoms with Crippen LogP contribution in [0.1, 0.15) is 18.4 Å². The lowest BCUT2D eigenvalue weighted by Gasteiger charge is -2.09. The van der Waals surface area contributed by atoms with Crippen LogP contribution in [0.4, 0.5) is 16.3 Å². The van der Waals surface area contributed by atoms with E-state index in [2.05, 4.69) is 15.7 Å². The number of halogens is 1. The quantitative estimate of drug-likeness (QED) is 0.579. The second-order valence-electron chi connectivity index (χ2n) is 7.04. The van der Waals surface area contributed by atoms with Gasteiger partial charge in [0.15, 0.2) is 0 Å². The van der Waals surface area contributed by atoms with Gasteiger partial charge < -0.3 is 16.4 Å². The molecule has 2 aromatic carbocycles. The number of carbonyl (C=O) groups excluding carboxylic acids is 1. The van der Waals surface area contributed by atoms with Gasteiger partial charge in [0.25, 0.3) is 0 Å². The molecule has 0 radical (unpaired) electrons. The van der Waals surface area contributed by atoms with Crippen molar-refractivity contribution in [1.82, 2.24) is 15.1 Å². The van der Waals surface area contributed by atoms with Gasteiger partial charge in [-0.15, -0.1) is 0 Å². The van der Waals surface area contributed by atoms with Crippen molar-refractivity contribution in [2.45, 2.75) is 19.4 Å². The molecule has 1 aliphatic carbocycles. The van der Waals surface area contributed by atoms with Gasteiger partial charge in [-0.05, 0) is 36.5 Å². The van der Waals surface area contributed by atoms with Crippen molar-refractivity contribution in [3.8, 4) is 11.3 Å². The van der Waals surface area contributed by atoms with Crippen LogP contribution in [0.3, 0.4) is 0 Å². The van der Waals surface area contributed by atoms with E-state index in [1.54, 1.807) is 16.8 Å². The molecule has 1 aliphatic rings. The Morgan fingerprint density at radius 3 is 2.54 bits per heavy atom. The molecule has 0 bridgehead atoms. The summed E-state index contributed by atoms with van der Waals surface area (Å²) in [6.45, 7) is 1.19. The van der Waals surface area contributed by atoms with Crippen LogP contribution in [0.5, 0.6) is 0 Å². The van der Waals surface area contributed by atoms with Crippen LogP contribution < -0.4 is 16.4 Å². The Hall–Kier alpha value is -2.99. The minimum atomic E-state index is -0.270. The third-order valence-corrected chi connectivity index (χ3v) is 5.02.